The summed E-state index contributed by atoms with van der Waals surface area (Å²) in [5, 5.41) is 0. The van der Waals surface area contributed by atoms with E-state index in [0.29, 0.717) is 6.54 Å². The van der Waals surface area contributed by atoms with Gasteiger partial charge in [0, 0.05) is 16.6 Å². The summed E-state index contributed by atoms with van der Waals surface area (Å²) in [4.78, 5) is 15.0. The SMILES string of the molecule is CN(C)C[C@H](C(=O)c1ccc(Br)cc1)[C@H](Br)c1ccccc1. The number of benzene rings is 2. The first kappa shape index (κ1) is 17.4. The highest BCUT2D eigenvalue weighted by Gasteiger charge is 2.29. The summed E-state index contributed by atoms with van der Waals surface area (Å²) < 4.78 is 0.978. The number of ketones is 1. The second kappa shape index (κ2) is 8.04. The molecule has 0 aliphatic carbocycles. The molecule has 0 heterocycles. The van der Waals surface area contributed by atoms with Gasteiger partial charge in [0.15, 0.2) is 5.78 Å². The molecule has 2 nitrogen and oxygen atoms in total. The molecule has 0 aliphatic rings. The van der Waals surface area contributed by atoms with Crippen molar-refractivity contribution in [2.24, 2.45) is 5.92 Å². The van der Waals surface area contributed by atoms with Gasteiger partial charge < -0.3 is 4.90 Å². The van der Waals surface area contributed by atoms with Gasteiger partial charge in [0.1, 0.15) is 0 Å². The summed E-state index contributed by atoms with van der Waals surface area (Å²) in [5.74, 6) is 0.0190. The van der Waals surface area contributed by atoms with Gasteiger partial charge in [-0.1, -0.05) is 74.3 Å². The lowest BCUT2D eigenvalue weighted by Gasteiger charge is -2.25. The van der Waals surface area contributed by atoms with Crippen molar-refractivity contribution < 1.29 is 4.79 Å². The molecule has 0 saturated carbocycles. The van der Waals surface area contributed by atoms with E-state index < -0.39 is 0 Å². The molecule has 0 aromatic heterocycles. The highest BCUT2D eigenvalue weighted by molar-refractivity contribution is 9.10. The maximum absolute atomic E-state index is 12.9. The Hall–Kier alpha value is -0.970. The number of nitrogens with zero attached hydrogens (tertiary/aromatic N) is 1. The Balaban J connectivity index is 2.29. The maximum Gasteiger partial charge on any atom is 0.168 e. The third-order valence-corrected chi connectivity index (χ3v) is 5.19. The third-order valence-electron chi connectivity index (χ3n) is 3.50. The average molecular weight is 425 g/mol. The minimum atomic E-state index is -0.140. The molecule has 2 aromatic carbocycles. The van der Waals surface area contributed by atoms with Crippen LogP contribution in [0.3, 0.4) is 0 Å². The zero-order valence-electron chi connectivity index (χ0n) is 12.7. The maximum atomic E-state index is 12.9. The lowest BCUT2D eigenvalue weighted by atomic mass is 9.90. The first-order valence-corrected chi connectivity index (χ1v) is 8.83. The molecule has 22 heavy (non-hydrogen) atoms. The Morgan fingerprint density at radius 3 is 2.18 bits per heavy atom. The van der Waals surface area contributed by atoms with E-state index in [0.717, 1.165) is 15.6 Å². The molecule has 2 atom stereocenters. The van der Waals surface area contributed by atoms with E-state index in [2.05, 4.69) is 48.9 Å². The van der Waals surface area contributed by atoms with E-state index in [1.54, 1.807) is 0 Å². The zero-order valence-corrected chi connectivity index (χ0v) is 15.8. The van der Waals surface area contributed by atoms with Crippen LogP contribution in [0.15, 0.2) is 59.1 Å². The summed E-state index contributed by atoms with van der Waals surface area (Å²) in [6.07, 6.45) is 0. The minimum Gasteiger partial charge on any atom is -0.309 e. The Morgan fingerprint density at radius 1 is 1.05 bits per heavy atom. The number of carbonyl (C=O) groups excluding carboxylic acids is 1. The molecule has 2 rings (SSSR count). The molecule has 0 aliphatic heterocycles. The van der Waals surface area contributed by atoms with Crippen molar-refractivity contribution in [1.29, 1.82) is 0 Å². The lowest BCUT2D eigenvalue weighted by Crippen LogP contribution is -2.31. The summed E-state index contributed by atoms with van der Waals surface area (Å²) >= 11 is 7.15. The average Bonchev–Trinajstić information content (AvgIpc) is 2.53. The van der Waals surface area contributed by atoms with E-state index in [4.69, 9.17) is 0 Å². The molecular weight excluding hydrogens is 406 g/mol. The van der Waals surface area contributed by atoms with Crippen LogP contribution >= 0.6 is 31.9 Å². The number of rotatable bonds is 6. The quantitative estimate of drug-likeness (QED) is 0.483. The number of carbonyl (C=O) groups is 1. The molecule has 0 saturated heterocycles. The fraction of sp³-hybridized carbons (Fsp3) is 0.278. The molecule has 0 spiro atoms. The van der Waals surface area contributed by atoms with Crippen molar-refractivity contribution in [3.63, 3.8) is 0 Å². The minimum absolute atomic E-state index is 0.00718. The fourth-order valence-electron chi connectivity index (χ4n) is 2.40. The summed E-state index contributed by atoms with van der Waals surface area (Å²) in [6, 6.07) is 17.7. The van der Waals surface area contributed by atoms with Gasteiger partial charge in [-0.2, -0.15) is 0 Å². The predicted octanol–water partition coefficient (Wildman–Crippen LogP) is 4.95. The van der Waals surface area contributed by atoms with Crippen LogP contribution in [-0.2, 0) is 0 Å². The smallest absolute Gasteiger partial charge is 0.168 e. The van der Waals surface area contributed by atoms with Crippen LogP contribution in [-0.4, -0.2) is 31.3 Å². The van der Waals surface area contributed by atoms with Crippen molar-refractivity contribution in [2.45, 2.75) is 4.83 Å². The summed E-state index contributed by atoms with van der Waals surface area (Å²) in [5.41, 5.74) is 1.87. The van der Waals surface area contributed by atoms with Crippen LogP contribution in [0.5, 0.6) is 0 Å². The van der Waals surface area contributed by atoms with Crippen LogP contribution in [0.4, 0.5) is 0 Å². The molecule has 2 aromatic rings. The summed E-state index contributed by atoms with van der Waals surface area (Å²) in [6.45, 7) is 0.694. The van der Waals surface area contributed by atoms with Gasteiger partial charge >= 0.3 is 0 Å². The van der Waals surface area contributed by atoms with E-state index >= 15 is 0 Å². The van der Waals surface area contributed by atoms with Crippen molar-refractivity contribution in [1.82, 2.24) is 4.90 Å². The molecule has 0 amide bonds. The van der Waals surface area contributed by atoms with Crippen LogP contribution < -0.4 is 0 Å². The Labute approximate surface area is 148 Å². The summed E-state index contributed by atoms with van der Waals surface area (Å²) in [7, 11) is 3.99. The highest BCUT2D eigenvalue weighted by Crippen LogP contribution is 2.33. The van der Waals surface area contributed by atoms with Crippen molar-refractivity contribution in [3.05, 3.63) is 70.2 Å². The van der Waals surface area contributed by atoms with Gasteiger partial charge in [-0.3, -0.25) is 4.79 Å². The Morgan fingerprint density at radius 2 is 1.64 bits per heavy atom. The van der Waals surface area contributed by atoms with Crippen LogP contribution in [0, 0.1) is 5.92 Å². The van der Waals surface area contributed by atoms with Gasteiger partial charge in [-0.15, -0.1) is 0 Å². The van der Waals surface area contributed by atoms with Gasteiger partial charge in [0.25, 0.3) is 0 Å². The largest absolute Gasteiger partial charge is 0.309 e. The monoisotopic (exact) mass is 423 g/mol. The second-order valence-electron chi connectivity index (χ2n) is 5.55. The Kier molecular flexibility index (Phi) is 6.36. The molecule has 0 N–H and O–H groups in total. The topological polar surface area (TPSA) is 20.3 Å². The first-order valence-electron chi connectivity index (χ1n) is 7.12. The Bertz CT molecular complexity index is 611. The van der Waals surface area contributed by atoms with Crippen molar-refractivity contribution >= 4 is 37.6 Å². The molecular formula is C18H19Br2NO. The lowest BCUT2D eigenvalue weighted by molar-refractivity contribution is 0.0896. The van der Waals surface area contributed by atoms with Crippen molar-refractivity contribution in [2.75, 3.05) is 20.6 Å². The number of hydrogen-bond donors (Lipinski definition) is 0. The normalized spacial score (nSPS) is 13.9. The second-order valence-corrected chi connectivity index (χ2v) is 7.45. The van der Waals surface area contributed by atoms with Gasteiger partial charge in [0.2, 0.25) is 0 Å². The van der Waals surface area contributed by atoms with Gasteiger partial charge in [0.05, 0.1) is 10.7 Å². The van der Waals surface area contributed by atoms with Gasteiger partial charge in [-0.05, 0) is 31.8 Å². The predicted molar refractivity (Wildman–Crippen MR) is 98.6 cm³/mol. The van der Waals surface area contributed by atoms with E-state index in [-0.39, 0.29) is 16.5 Å². The van der Waals surface area contributed by atoms with Crippen LogP contribution in [0.1, 0.15) is 20.7 Å². The highest BCUT2D eigenvalue weighted by atomic mass is 79.9. The first-order chi connectivity index (χ1) is 10.5. The number of alkyl halides is 1. The van der Waals surface area contributed by atoms with E-state index in [9.17, 15) is 4.79 Å². The van der Waals surface area contributed by atoms with Crippen LogP contribution in [0.25, 0.3) is 0 Å². The van der Waals surface area contributed by atoms with Gasteiger partial charge in [-0.25, -0.2) is 0 Å². The standard InChI is InChI=1S/C18H19Br2NO/c1-21(2)12-16(17(20)13-6-4-3-5-7-13)18(22)14-8-10-15(19)11-9-14/h3-11,16-17H,12H2,1-2H3/t16-,17+/m0/s1. The number of Topliss-reactive ketones (excluding diaryl/α,β-unsaturated/α-hetero) is 1. The van der Waals surface area contributed by atoms with E-state index in [1.807, 2.05) is 56.6 Å². The fourth-order valence-corrected chi connectivity index (χ4v) is 3.38. The molecule has 0 fully saturated rings. The number of hydrogen-bond acceptors (Lipinski definition) is 2. The molecule has 4 heteroatoms. The molecule has 0 unspecified atom stereocenters. The van der Waals surface area contributed by atoms with E-state index in [1.165, 1.54) is 0 Å². The molecule has 116 valence electrons. The third kappa shape index (κ3) is 4.51. The van der Waals surface area contributed by atoms with Crippen LogP contribution in [0.2, 0.25) is 0 Å². The molecule has 0 radical (unpaired) electrons. The zero-order chi connectivity index (χ0) is 16.1. The number of halogens is 2. The van der Waals surface area contributed by atoms with Crippen molar-refractivity contribution in [3.8, 4) is 0 Å². The molecule has 0 bridgehead atoms.